The molecule has 2 fully saturated rings. The number of aromatic nitrogens is 3. The van der Waals surface area contributed by atoms with E-state index in [1.165, 1.54) is 11.2 Å². The van der Waals surface area contributed by atoms with Gasteiger partial charge in [0.05, 0.1) is 36.5 Å². The summed E-state index contributed by atoms with van der Waals surface area (Å²) in [5.41, 5.74) is 1.29. The number of fused-ring (bicyclic) bond motifs is 1. The van der Waals surface area contributed by atoms with Gasteiger partial charge in [-0.3, -0.25) is 9.69 Å². The summed E-state index contributed by atoms with van der Waals surface area (Å²) in [4.78, 5) is 35.8. The second-order valence-electron chi connectivity index (χ2n) is 12.3. The zero-order valence-corrected chi connectivity index (χ0v) is 24.5. The first kappa shape index (κ1) is 29.0. The van der Waals surface area contributed by atoms with Gasteiger partial charge in [-0.15, -0.1) is 0 Å². The summed E-state index contributed by atoms with van der Waals surface area (Å²) in [7, 11) is 0. The minimum absolute atomic E-state index is 0.137. The molecule has 0 unspecified atom stereocenters. The normalized spacial score (nSPS) is 22.5. The monoisotopic (exact) mass is 569 g/mol. The van der Waals surface area contributed by atoms with Crippen LogP contribution in [-0.4, -0.2) is 57.4 Å². The van der Waals surface area contributed by atoms with Crippen molar-refractivity contribution in [2.45, 2.75) is 84.4 Å². The van der Waals surface area contributed by atoms with Gasteiger partial charge in [0.2, 0.25) is 0 Å². The molecule has 2 aromatic heterocycles. The number of morpholine rings is 1. The summed E-state index contributed by atoms with van der Waals surface area (Å²) in [6.45, 7) is 10.3. The number of carbonyl (C=O) groups is 2. The molecular formula is C30H40FN5O5. The Morgan fingerprint density at radius 1 is 1.24 bits per heavy atom. The van der Waals surface area contributed by atoms with Crippen LogP contribution < -0.4 is 5.32 Å². The van der Waals surface area contributed by atoms with E-state index < -0.39 is 29.6 Å². The van der Waals surface area contributed by atoms with Gasteiger partial charge in [0.1, 0.15) is 28.8 Å². The predicted molar refractivity (Wildman–Crippen MR) is 150 cm³/mol. The second kappa shape index (κ2) is 11.8. The number of benzene rings is 1. The van der Waals surface area contributed by atoms with Crippen molar-refractivity contribution in [3.05, 3.63) is 46.9 Å². The minimum Gasteiger partial charge on any atom is -0.444 e. The number of hydrogen-bond donors (Lipinski definition) is 2. The Labute approximate surface area is 239 Å². The van der Waals surface area contributed by atoms with Gasteiger partial charge in [-0.05, 0) is 57.9 Å². The molecule has 11 heteroatoms. The molecule has 1 aliphatic carbocycles. The van der Waals surface area contributed by atoms with E-state index in [-0.39, 0.29) is 23.9 Å². The third kappa shape index (κ3) is 6.24. The molecule has 0 bridgehead atoms. The molecular weight excluding hydrogens is 529 g/mol. The Balaban J connectivity index is 1.47. The largest absolute Gasteiger partial charge is 0.444 e. The average molecular weight is 570 g/mol. The van der Waals surface area contributed by atoms with Gasteiger partial charge >= 0.3 is 6.09 Å². The summed E-state index contributed by atoms with van der Waals surface area (Å²) in [5, 5.41) is 7.09. The molecule has 10 nitrogen and oxygen atoms in total. The molecule has 2 atom stereocenters. The number of nitrogens with one attached hydrogen (secondary N) is 2. The van der Waals surface area contributed by atoms with Crippen LogP contribution in [-0.2, 0) is 15.9 Å². The SMILES string of the molecule is CCc1nocc1C(=O)N[C@H](c1nc2c(F)c([C@H]3COCCN3C(=O)OC(C)(C)C)ccc2[nH]1)[C@H]1CC[C@H](C)CC1. The fourth-order valence-electron chi connectivity index (χ4n) is 5.83. The number of H-pyrrole nitrogens is 1. The van der Waals surface area contributed by atoms with E-state index in [4.69, 9.17) is 19.0 Å². The van der Waals surface area contributed by atoms with Crippen LogP contribution in [0.2, 0.25) is 0 Å². The van der Waals surface area contributed by atoms with Crippen molar-refractivity contribution >= 4 is 23.0 Å². The Hall–Kier alpha value is -3.47. The summed E-state index contributed by atoms with van der Waals surface area (Å²) >= 11 is 0. The number of ether oxygens (including phenoxy) is 2. The predicted octanol–water partition coefficient (Wildman–Crippen LogP) is 5.86. The van der Waals surface area contributed by atoms with Gasteiger partial charge in [0.25, 0.3) is 5.91 Å². The van der Waals surface area contributed by atoms with Gasteiger partial charge in [-0.1, -0.05) is 37.9 Å². The lowest BCUT2D eigenvalue weighted by atomic mass is 9.79. The molecule has 0 spiro atoms. The van der Waals surface area contributed by atoms with E-state index in [2.05, 4.69) is 22.4 Å². The maximum atomic E-state index is 16.2. The lowest BCUT2D eigenvalue weighted by Gasteiger charge is -2.36. The minimum atomic E-state index is -0.680. The molecule has 2 amide bonds. The second-order valence-corrected chi connectivity index (χ2v) is 12.3. The van der Waals surface area contributed by atoms with E-state index in [1.54, 1.807) is 32.9 Å². The number of halogens is 1. The maximum absolute atomic E-state index is 16.2. The van der Waals surface area contributed by atoms with Gasteiger partial charge in [-0.2, -0.15) is 0 Å². The van der Waals surface area contributed by atoms with E-state index in [9.17, 15) is 9.59 Å². The molecule has 41 heavy (non-hydrogen) atoms. The number of rotatable bonds is 6. The average Bonchev–Trinajstić information content (AvgIpc) is 3.59. The van der Waals surface area contributed by atoms with Crippen LogP contribution >= 0.6 is 0 Å². The van der Waals surface area contributed by atoms with Crippen LogP contribution in [0.1, 0.15) is 99.8 Å². The number of hydrogen-bond acceptors (Lipinski definition) is 7. The number of amides is 2. The Morgan fingerprint density at radius 2 is 2.00 bits per heavy atom. The Morgan fingerprint density at radius 3 is 2.71 bits per heavy atom. The van der Waals surface area contributed by atoms with Crippen molar-refractivity contribution in [3.63, 3.8) is 0 Å². The van der Waals surface area contributed by atoms with Crippen molar-refractivity contribution in [2.24, 2.45) is 11.8 Å². The van der Waals surface area contributed by atoms with Gasteiger partial charge in [0.15, 0.2) is 5.82 Å². The summed E-state index contributed by atoms with van der Waals surface area (Å²) < 4.78 is 32.4. The van der Waals surface area contributed by atoms with Gasteiger partial charge < -0.3 is 24.3 Å². The summed E-state index contributed by atoms with van der Waals surface area (Å²) in [6, 6.07) is 2.33. The zero-order valence-electron chi connectivity index (χ0n) is 24.5. The fraction of sp³-hybridized carbons (Fsp3) is 0.600. The topological polar surface area (TPSA) is 123 Å². The fourth-order valence-corrected chi connectivity index (χ4v) is 5.83. The molecule has 5 rings (SSSR count). The third-order valence-corrected chi connectivity index (χ3v) is 8.09. The van der Waals surface area contributed by atoms with Crippen molar-refractivity contribution in [1.82, 2.24) is 25.3 Å². The molecule has 3 heterocycles. The van der Waals surface area contributed by atoms with E-state index in [1.807, 2.05) is 6.92 Å². The van der Waals surface area contributed by atoms with Crippen LogP contribution in [0.4, 0.5) is 9.18 Å². The molecule has 0 radical (unpaired) electrons. The highest BCUT2D eigenvalue weighted by Gasteiger charge is 2.36. The lowest BCUT2D eigenvalue weighted by Crippen LogP contribution is -2.46. The number of carbonyl (C=O) groups excluding carboxylic acids is 2. The quantitative estimate of drug-likeness (QED) is 0.381. The number of aryl methyl sites for hydroxylation is 1. The molecule has 1 saturated carbocycles. The molecule has 1 saturated heterocycles. The van der Waals surface area contributed by atoms with Crippen LogP contribution in [0.15, 0.2) is 22.9 Å². The first-order valence-electron chi connectivity index (χ1n) is 14.5. The Kier molecular flexibility index (Phi) is 8.35. The highest BCUT2D eigenvalue weighted by atomic mass is 19.1. The van der Waals surface area contributed by atoms with E-state index in [0.717, 1.165) is 25.7 Å². The van der Waals surface area contributed by atoms with Crippen LogP contribution in [0.5, 0.6) is 0 Å². The first-order chi connectivity index (χ1) is 19.6. The molecule has 2 aliphatic rings. The third-order valence-electron chi connectivity index (χ3n) is 8.09. The van der Waals surface area contributed by atoms with Crippen molar-refractivity contribution < 1.29 is 28.0 Å². The molecule has 1 aromatic carbocycles. The van der Waals surface area contributed by atoms with Crippen molar-refractivity contribution in [3.8, 4) is 0 Å². The lowest BCUT2D eigenvalue weighted by molar-refractivity contribution is -0.0337. The number of imidazole rings is 1. The molecule has 3 aromatic rings. The highest BCUT2D eigenvalue weighted by molar-refractivity contribution is 5.95. The van der Waals surface area contributed by atoms with E-state index in [0.29, 0.717) is 53.7 Å². The summed E-state index contributed by atoms with van der Waals surface area (Å²) in [5.74, 6) is 0.443. The van der Waals surface area contributed by atoms with Crippen molar-refractivity contribution in [1.29, 1.82) is 0 Å². The standard InChI is InChI=1S/C30H40FN5O5/c1-6-21-20(15-40-35-21)28(37)34-25(18-9-7-17(2)8-10-18)27-32-22-12-11-19(24(31)26(22)33-27)23-16-39-14-13-36(23)29(38)41-30(3,4)5/h11-12,15,17-18,23,25H,6-10,13-14,16H2,1-5H3,(H,32,33)(H,34,37)/t17-,18-,23-,25+/m1/s1. The number of aromatic amines is 1. The smallest absolute Gasteiger partial charge is 0.410 e. The van der Waals surface area contributed by atoms with Crippen molar-refractivity contribution in [2.75, 3.05) is 19.8 Å². The van der Waals surface area contributed by atoms with Crippen LogP contribution in [0, 0.1) is 17.7 Å². The molecule has 2 N–H and O–H groups in total. The highest BCUT2D eigenvalue weighted by Crippen LogP contribution is 2.38. The Bertz CT molecular complexity index is 1390. The van der Waals surface area contributed by atoms with Gasteiger partial charge in [-0.25, -0.2) is 14.2 Å². The molecule has 222 valence electrons. The first-order valence-corrected chi connectivity index (χ1v) is 14.5. The van der Waals surface area contributed by atoms with Crippen LogP contribution in [0.25, 0.3) is 11.0 Å². The summed E-state index contributed by atoms with van der Waals surface area (Å²) in [6.07, 6.45) is 5.35. The maximum Gasteiger partial charge on any atom is 0.410 e. The van der Waals surface area contributed by atoms with E-state index >= 15 is 4.39 Å². The van der Waals surface area contributed by atoms with Crippen LogP contribution in [0.3, 0.4) is 0 Å². The molecule has 1 aliphatic heterocycles. The zero-order chi connectivity index (χ0) is 29.3. The van der Waals surface area contributed by atoms with Gasteiger partial charge in [0, 0.05) is 12.1 Å². The number of nitrogens with zero attached hydrogens (tertiary/aromatic N) is 3.